The molecule has 3 N–H and O–H groups in total. The molecule has 1 rings (SSSR count). The third-order valence-corrected chi connectivity index (χ3v) is 3.04. The molecule has 15 heavy (non-hydrogen) atoms. The van der Waals surface area contributed by atoms with Crippen molar-refractivity contribution in [2.75, 3.05) is 0 Å². The van der Waals surface area contributed by atoms with Crippen molar-refractivity contribution in [2.45, 2.75) is 51.5 Å². The van der Waals surface area contributed by atoms with Crippen LogP contribution in [0.4, 0.5) is 0 Å². The van der Waals surface area contributed by atoms with Crippen molar-refractivity contribution < 1.29 is 4.79 Å². The van der Waals surface area contributed by atoms with Gasteiger partial charge in [0.15, 0.2) is 0 Å². The van der Waals surface area contributed by atoms with E-state index >= 15 is 0 Å². The van der Waals surface area contributed by atoms with E-state index in [1.807, 2.05) is 6.92 Å². The van der Waals surface area contributed by atoms with Gasteiger partial charge >= 0.3 is 0 Å². The quantitative estimate of drug-likeness (QED) is 0.721. The molecule has 1 aliphatic carbocycles. The molecule has 86 valence electrons. The van der Waals surface area contributed by atoms with Crippen LogP contribution >= 0.6 is 12.2 Å². The van der Waals surface area contributed by atoms with Gasteiger partial charge in [-0.3, -0.25) is 4.79 Å². The zero-order valence-electron chi connectivity index (χ0n) is 9.29. The van der Waals surface area contributed by atoms with E-state index in [1.54, 1.807) is 0 Å². The summed E-state index contributed by atoms with van der Waals surface area (Å²) in [4.78, 5) is 12.3. The number of amides is 1. The Kier molecular flexibility index (Phi) is 5.02. The molecule has 0 spiro atoms. The summed E-state index contributed by atoms with van der Waals surface area (Å²) < 4.78 is 0. The molecule has 0 aromatic heterocycles. The molecule has 1 fully saturated rings. The van der Waals surface area contributed by atoms with E-state index in [1.165, 1.54) is 19.3 Å². The van der Waals surface area contributed by atoms with Crippen molar-refractivity contribution in [1.29, 1.82) is 0 Å². The maximum atomic E-state index is 11.8. The Labute approximate surface area is 96.8 Å². The molecule has 1 unspecified atom stereocenters. The summed E-state index contributed by atoms with van der Waals surface area (Å²) in [5, 5.41) is 2.97. The molecule has 1 saturated carbocycles. The second-order valence-corrected chi connectivity index (χ2v) is 4.94. The van der Waals surface area contributed by atoms with Crippen molar-refractivity contribution in [3.8, 4) is 0 Å². The maximum absolute atomic E-state index is 11.8. The first-order chi connectivity index (χ1) is 7.09. The van der Waals surface area contributed by atoms with Crippen LogP contribution in [0, 0.1) is 5.92 Å². The highest BCUT2D eigenvalue weighted by Gasteiger charge is 2.22. The van der Waals surface area contributed by atoms with E-state index in [2.05, 4.69) is 5.32 Å². The summed E-state index contributed by atoms with van der Waals surface area (Å²) in [5.41, 5.74) is 5.43. The topological polar surface area (TPSA) is 55.1 Å². The Bertz CT molecular complexity index is 237. The summed E-state index contributed by atoms with van der Waals surface area (Å²) in [6.45, 7) is 1.94. The van der Waals surface area contributed by atoms with Crippen LogP contribution in [0.5, 0.6) is 0 Å². The third kappa shape index (κ3) is 4.60. The first-order valence-electron chi connectivity index (χ1n) is 5.68. The average molecular weight is 228 g/mol. The van der Waals surface area contributed by atoms with Crippen molar-refractivity contribution >= 4 is 23.1 Å². The van der Waals surface area contributed by atoms with Crippen molar-refractivity contribution in [3.63, 3.8) is 0 Å². The standard InChI is InChI=1S/C11H20N2OS/c1-8(7-10(12)15)13-11(14)9-5-3-2-4-6-9/h8-9H,2-7H2,1H3,(H2,12,15)(H,13,14). The molecule has 0 aliphatic heterocycles. The summed E-state index contributed by atoms with van der Waals surface area (Å²) in [6, 6.07) is 0.0666. The van der Waals surface area contributed by atoms with Gasteiger partial charge in [-0.15, -0.1) is 0 Å². The van der Waals surface area contributed by atoms with Crippen LogP contribution in [-0.2, 0) is 4.79 Å². The Morgan fingerprint density at radius 3 is 2.60 bits per heavy atom. The highest BCUT2D eigenvalue weighted by atomic mass is 32.1. The van der Waals surface area contributed by atoms with E-state index in [9.17, 15) is 4.79 Å². The molecule has 0 bridgehead atoms. The molecular formula is C11H20N2OS. The number of hydrogen-bond acceptors (Lipinski definition) is 2. The Morgan fingerprint density at radius 2 is 2.07 bits per heavy atom. The first kappa shape index (κ1) is 12.4. The number of rotatable bonds is 4. The molecule has 0 heterocycles. The van der Waals surface area contributed by atoms with Crippen LogP contribution in [0.1, 0.15) is 45.4 Å². The second-order valence-electron chi connectivity index (χ2n) is 4.42. The van der Waals surface area contributed by atoms with Crippen LogP contribution in [0.3, 0.4) is 0 Å². The van der Waals surface area contributed by atoms with Crippen molar-refractivity contribution in [3.05, 3.63) is 0 Å². The second kappa shape index (κ2) is 6.05. The van der Waals surface area contributed by atoms with Crippen LogP contribution in [0.2, 0.25) is 0 Å². The summed E-state index contributed by atoms with van der Waals surface area (Å²) >= 11 is 4.81. The minimum Gasteiger partial charge on any atom is -0.393 e. The van der Waals surface area contributed by atoms with Gasteiger partial charge in [0.2, 0.25) is 5.91 Å². The van der Waals surface area contributed by atoms with Crippen LogP contribution < -0.4 is 11.1 Å². The lowest BCUT2D eigenvalue weighted by Crippen LogP contribution is -2.39. The highest BCUT2D eigenvalue weighted by molar-refractivity contribution is 7.80. The minimum atomic E-state index is 0.0666. The average Bonchev–Trinajstić information content (AvgIpc) is 2.17. The predicted molar refractivity (Wildman–Crippen MR) is 65.6 cm³/mol. The van der Waals surface area contributed by atoms with Gasteiger partial charge in [0.05, 0.1) is 4.99 Å². The maximum Gasteiger partial charge on any atom is 0.223 e. The van der Waals surface area contributed by atoms with Gasteiger partial charge in [-0.2, -0.15) is 0 Å². The molecule has 0 aromatic rings. The molecule has 0 radical (unpaired) electrons. The summed E-state index contributed by atoms with van der Waals surface area (Å²) in [7, 11) is 0. The lowest BCUT2D eigenvalue weighted by atomic mass is 9.88. The Morgan fingerprint density at radius 1 is 1.47 bits per heavy atom. The van der Waals surface area contributed by atoms with Crippen molar-refractivity contribution in [1.82, 2.24) is 5.32 Å². The Balaban J connectivity index is 2.30. The molecular weight excluding hydrogens is 208 g/mol. The number of carbonyl (C=O) groups is 1. The summed E-state index contributed by atoms with van der Waals surface area (Å²) in [5.74, 6) is 0.394. The van der Waals surface area contributed by atoms with E-state index in [-0.39, 0.29) is 17.9 Å². The molecule has 0 saturated heterocycles. The van der Waals surface area contributed by atoms with E-state index < -0.39 is 0 Å². The zero-order chi connectivity index (χ0) is 11.3. The van der Waals surface area contributed by atoms with Gasteiger partial charge in [0, 0.05) is 18.4 Å². The van der Waals surface area contributed by atoms with Gasteiger partial charge in [-0.25, -0.2) is 0 Å². The lowest BCUT2D eigenvalue weighted by molar-refractivity contribution is -0.126. The largest absolute Gasteiger partial charge is 0.393 e. The van der Waals surface area contributed by atoms with Gasteiger partial charge in [-0.05, 0) is 19.8 Å². The van der Waals surface area contributed by atoms with Gasteiger partial charge in [-0.1, -0.05) is 31.5 Å². The highest BCUT2D eigenvalue weighted by Crippen LogP contribution is 2.23. The number of nitrogens with one attached hydrogen (secondary N) is 1. The number of thiocarbonyl (C=S) groups is 1. The lowest BCUT2D eigenvalue weighted by Gasteiger charge is -2.23. The third-order valence-electron chi connectivity index (χ3n) is 2.87. The number of nitrogens with two attached hydrogens (primary N) is 1. The van der Waals surface area contributed by atoms with Gasteiger partial charge in [0.1, 0.15) is 0 Å². The predicted octanol–water partition coefficient (Wildman–Crippen LogP) is 1.75. The molecule has 1 aliphatic rings. The zero-order valence-corrected chi connectivity index (χ0v) is 10.1. The van der Waals surface area contributed by atoms with Crippen LogP contribution in [0.15, 0.2) is 0 Å². The molecule has 3 nitrogen and oxygen atoms in total. The minimum absolute atomic E-state index is 0.0666. The summed E-state index contributed by atoms with van der Waals surface area (Å²) in [6.07, 6.45) is 6.29. The smallest absolute Gasteiger partial charge is 0.223 e. The van der Waals surface area contributed by atoms with E-state index in [0.29, 0.717) is 11.4 Å². The van der Waals surface area contributed by atoms with Gasteiger partial charge < -0.3 is 11.1 Å². The first-order valence-corrected chi connectivity index (χ1v) is 6.09. The fraction of sp³-hybridized carbons (Fsp3) is 0.818. The normalized spacial score (nSPS) is 19.5. The molecule has 1 amide bonds. The van der Waals surface area contributed by atoms with Crippen LogP contribution in [-0.4, -0.2) is 16.9 Å². The monoisotopic (exact) mass is 228 g/mol. The van der Waals surface area contributed by atoms with Gasteiger partial charge in [0.25, 0.3) is 0 Å². The molecule has 0 aromatic carbocycles. The van der Waals surface area contributed by atoms with E-state index in [4.69, 9.17) is 18.0 Å². The van der Waals surface area contributed by atoms with Crippen molar-refractivity contribution in [2.24, 2.45) is 11.7 Å². The van der Waals surface area contributed by atoms with Crippen LogP contribution in [0.25, 0.3) is 0 Å². The fourth-order valence-corrected chi connectivity index (χ4v) is 2.33. The fourth-order valence-electron chi connectivity index (χ4n) is 2.08. The SMILES string of the molecule is CC(CC(N)=S)NC(=O)C1CCCCC1. The molecule has 4 heteroatoms. The number of carbonyl (C=O) groups excluding carboxylic acids is 1. The Hall–Kier alpha value is -0.640. The van der Waals surface area contributed by atoms with E-state index in [0.717, 1.165) is 12.8 Å². The number of hydrogen-bond donors (Lipinski definition) is 2. The molecule has 1 atom stereocenters.